The van der Waals surface area contributed by atoms with Crippen molar-refractivity contribution in [2.75, 3.05) is 25.1 Å². The van der Waals surface area contributed by atoms with Gasteiger partial charge in [0, 0.05) is 42.5 Å². The topological polar surface area (TPSA) is 83.4 Å². The first kappa shape index (κ1) is 19.3. The molecule has 2 aliphatic rings. The van der Waals surface area contributed by atoms with Gasteiger partial charge in [0.1, 0.15) is 11.6 Å². The fourth-order valence-corrected chi connectivity index (χ4v) is 5.24. The lowest BCUT2D eigenvalue weighted by Crippen LogP contribution is -2.51. The number of aromatic hydroxyl groups is 1. The Kier molecular flexibility index (Phi) is 4.40. The minimum atomic E-state index is 0.220. The second-order valence-electron chi connectivity index (χ2n) is 8.79. The van der Waals surface area contributed by atoms with Gasteiger partial charge in [-0.15, -0.1) is 0 Å². The summed E-state index contributed by atoms with van der Waals surface area (Å²) in [5.41, 5.74) is 3.46. The van der Waals surface area contributed by atoms with Crippen LogP contribution in [0.2, 0.25) is 0 Å². The first-order chi connectivity index (χ1) is 15.6. The Morgan fingerprint density at radius 1 is 1.06 bits per heavy atom. The minimum absolute atomic E-state index is 0.220. The molecule has 0 radical (unpaired) electrons. The second-order valence-corrected chi connectivity index (χ2v) is 8.79. The van der Waals surface area contributed by atoms with E-state index in [0.717, 1.165) is 57.4 Å². The maximum Gasteiger partial charge on any atom is 0.318 e. The van der Waals surface area contributed by atoms with Crippen molar-refractivity contribution in [3.05, 3.63) is 48.2 Å². The van der Waals surface area contributed by atoms with E-state index in [4.69, 9.17) is 19.7 Å². The number of nitrogens with one attached hydrogen (secondary N) is 1. The molecule has 2 fully saturated rings. The van der Waals surface area contributed by atoms with E-state index >= 15 is 0 Å². The molecule has 2 aromatic heterocycles. The van der Waals surface area contributed by atoms with Crippen molar-refractivity contribution in [1.82, 2.24) is 20.3 Å². The molecule has 162 valence electrons. The van der Waals surface area contributed by atoms with Gasteiger partial charge in [0.05, 0.1) is 23.7 Å². The molecule has 2 atom stereocenters. The van der Waals surface area contributed by atoms with Crippen LogP contribution >= 0.6 is 0 Å². The molecule has 0 saturated carbocycles. The molecule has 2 aromatic carbocycles. The van der Waals surface area contributed by atoms with Gasteiger partial charge in [-0.3, -0.25) is 4.98 Å². The molecule has 2 bridgehead atoms. The van der Waals surface area contributed by atoms with E-state index in [2.05, 4.69) is 16.3 Å². The lowest BCUT2D eigenvalue weighted by molar-refractivity contribution is 0.380. The Bertz CT molecular complexity index is 1340. The van der Waals surface area contributed by atoms with E-state index in [-0.39, 0.29) is 5.75 Å². The van der Waals surface area contributed by atoms with Crippen LogP contribution in [0.25, 0.3) is 32.9 Å². The Morgan fingerprint density at radius 2 is 1.84 bits per heavy atom. The molecule has 2 unspecified atom stereocenters. The molecule has 32 heavy (non-hydrogen) atoms. The second kappa shape index (κ2) is 7.31. The maximum atomic E-state index is 10.3. The summed E-state index contributed by atoms with van der Waals surface area (Å²) in [7, 11) is 1.60. The zero-order valence-corrected chi connectivity index (χ0v) is 18.2. The highest BCUT2D eigenvalue weighted by Gasteiger charge is 2.34. The number of ether oxygens (including phenoxy) is 1. The average molecular weight is 428 g/mol. The molecule has 2 saturated heterocycles. The molecule has 2 aliphatic heterocycles. The number of hydrogen-bond donors (Lipinski definition) is 2. The van der Waals surface area contributed by atoms with Crippen molar-refractivity contribution in [3.8, 4) is 23.0 Å². The molecule has 0 amide bonds. The molecule has 6 rings (SSSR count). The van der Waals surface area contributed by atoms with Crippen LogP contribution in [-0.4, -0.2) is 52.3 Å². The van der Waals surface area contributed by atoms with E-state index in [1.165, 1.54) is 12.8 Å². The van der Waals surface area contributed by atoms with Crippen LogP contribution < -0.4 is 15.0 Å². The minimum Gasteiger partial charge on any atom is -0.508 e. The summed E-state index contributed by atoms with van der Waals surface area (Å²) < 4.78 is 5.49. The third-order valence-corrected chi connectivity index (χ3v) is 6.74. The normalized spacial score (nSPS) is 20.2. The number of phenols is 1. The summed E-state index contributed by atoms with van der Waals surface area (Å²) in [5.74, 6) is 1.10. The van der Waals surface area contributed by atoms with Crippen LogP contribution in [0, 0.1) is 6.92 Å². The Hall–Kier alpha value is -3.45. The Labute approximate surface area is 186 Å². The number of phenolic OH excluding ortho intramolecular Hbond substituents is 1. The van der Waals surface area contributed by atoms with Gasteiger partial charge in [-0.2, -0.15) is 9.97 Å². The van der Waals surface area contributed by atoms with Crippen LogP contribution in [-0.2, 0) is 0 Å². The summed E-state index contributed by atoms with van der Waals surface area (Å²) in [4.78, 5) is 16.6. The van der Waals surface area contributed by atoms with Crippen LogP contribution in [0.1, 0.15) is 18.4 Å². The zero-order valence-electron chi connectivity index (χ0n) is 18.2. The van der Waals surface area contributed by atoms with Crippen LogP contribution in [0.4, 0.5) is 5.82 Å². The zero-order chi connectivity index (χ0) is 21.8. The number of methoxy groups -OCH3 is 1. The molecule has 0 spiro atoms. The lowest BCUT2D eigenvalue weighted by Gasteiger charge is -2.34. The van der Waals surface area contributed by atoms with Crippen LogP contribution in [0.5, 0.6) is 11.8 Å². The van der Waals surface area contributed by atoms with Gasteiger partial charge in [0.15, 0.2) is 0 Å². The summed E-state index contributed by atoms with van der Waals surface area (Å²) in [6, 6.07) is 12.9. The number of anilines is 1. The number of fused-ring (bicyclic) bond motifs is 4. The molecule has 7 heteroatoms. The van der Waals surface area contributed by atoms with Gasteiger partial charge in [-0.1, -0.05) is 24.3 Å². The highest BCUT2D eigenvalue weighted by Crippen LogP contribution is 2.37. The molecule has 7 nitrogen and oxygen atoms in total. The molecule has 4 heterocycles. The predicted molar refractivity (Wildman–Crippen MR) is 125 cm³/mol. The summed E-state index contributed by atoms with van der Waals surface area (Å²) >= 11 is 0. The lowest BCUT2D eigenvalue weighted by atomic mass is 9.97. The number of piperazine rings is 1. The van der Waals surface area contributed by atoms with Crippen molar-refractivity contribution in [3.63, 3.8) is 0 Å². The summed E-state index contributed by atoms with van der Waals surface area (Å²) in [6.45, 7) is 3.87. The first-order valence-corrected chi connectivity index (χ1v) is 11.0. The van der Waals surface area contributed by atoms with Gasteiger partial charge < -0.3 is 20.1 Å². The largest absolute Gasteiger partial charge is 0.508 e. The van der Waals surface area contributed by atoms with E-state index < -0.39 is 0 Å². The fourth-order valence-electron chi connectivity index (χ4n) is 5.24. The average Bonchev–Trinajstić information content (AvgIpc) is 3.15. The maximum absolute atomic E-state index is 10.3. The molecule has 2 N–H and O–H groups in total. The van der Waals surface area contributed by atoms with Crippen LogP contribution in [0.15, 0.2) is 42.6 Å². The number of aryl methyl sites for hydroxylation is 1. The summed E-state index contributed by atoms with van der Waals surface area (Å²) in [6.07, 6.45) is 4.27. The van der Waals surface area contributed by atoms with Gasteiger partial charge >= 0.3 is 6.01 Å². The Morgan fingerprint density at radius 3 is 2.62 bits per heavy atom. The monoisotopic (exact) mass is 427 g/mol. The molecule has 4 aromatic rings. The van der Waals surface area contributed by atoms with Gasteiger partial charge in [-0.25, -0.2) is 0 Å². The first-order valence-electron chi connectivity index (χ1n) is 11.0. The van der Waals surface area contributed by atoms with Crippen molar-refractivity contribution in [1.29, 1.82) is 0 Å². The fraction of sp³-hybridized carbons (Fsp3) is 0.320. The quantitative estimate of drug-likeness (QED) is 0.514. The third kappa shape index (κ3) is 3.04. The number of nitrogens with zero attached hydrogens (tertiary/aromatic N) is 4. The molecular weight excluding hydrogens is 402 g/mol. The van der Waals surface area contributed by atoms with Crippen molar-refractivity contribution in [2.24, 2.45) is 0 Å². The van der Waals surface area contributed by atoms with E-state index in [1.54, 1.807) is 19.2 Å². The number of hydrogen-bond acceptors (Lipinski definition) is 7. The van der Waals surface area contributed by atoms with Gasteiger partial charge in [-0.05, 0) is 42.7 Å². The van der Waals surface area contributed by atoms with Gasteiger partial charge in [0.2, 0.25) is 0 Å². The third-order valence-electron chi connectivity index (χ3n) is 6.74. The number of rotatable bonds is 3. The summed E-state index contributed by atoms with van der Waals surface area (Å²) in [5, 5.41) is 17.0. The number of aromatic nitrogens is 3. The van der Waals surface area contributed by atoms with Crippen molar-refractivity contribution in [2.45, 2.75) is 31.8 Å². The smallest absolute Gasteiger partial charge is 0.318 e. The standard InChI is InChI=1S/C25H25N5O2/c1-14-22(20-10-18(31)9-15-5-3-4-6-19(15)20)26-11-21-23(14)28-25(32-2)29-24(21)30-12-16-7-8-17(13-30)27-16/h3-6,9-11,16-17,27,31H,7-8,12-13H2,1-2H3. The van der Waals surface area contributed by atoms with Crippen LogP contribution in [0.3, 0.4) is 0 Å². The van der Waals surface area contributed by atoms with Crippen molar-refractivity contribution >= 4 is 27.5 Å². The molecule has 0 aliphatic carbocycles. The Balaban J connectivity index is 1.56. The SMILES string of the molecule is COc1nc(N2CC3CCC(C2)N3)c2cnc(-c3cc(O)cc4ccccc34)c(C)c2n1. The number of pyridine rings is 1. The van der Waals surface area contributed by atoms with Gasteiger partial charge in [0.25, 0.3) is 0 Å². The van der Waals surface area contributed by atoms with E-state index in [1.807, 2.05) is 31.3 Å². The highest BCUT2D eigenvalue weighted by molar-refractivity contribution is 6.01. The van der Waals surface area contributed by atoms with E-state index in [0.29, 0.717) is 18.1 Å². The van der Waals surface area contributed by atoms with E-state index in [9.17, 15) is 5.11 Å². The van der Waals surface area contributed by atoms with Crippen molar-refractivity contribution < 1.29 is 9.84 Å². The number of benzene rings is 2. The highest BCUT2D eigenvalue weighted by atomic mass is 16.5. The predicted octanol–water partition coefficient (Wildman–Crippen LogP) is 3.81. The molecular formula is C25H25N5O2.